The average Bonchev–Trinajstić information content (AvgIpc) is 3.39. The lowest BCUT2D eigenvalue weighted by Crippen LogP contribution is -2.48. The van der Waals surface area contributed by atoms with Gasteiger partial charge in [-0.15, -0.1) is 0 Å². The number of aromatic nitrogens is 1. The summed E-state index contributed by atoms with van der Waals surface area (Å²) in [5.74, 6) is -1.12. The Hall–Kier alpha value is -4.08. The third-order valence-electron chi connectivity index (χ3n) is 5.67. The van der Waals surface area contributed by atoms with E-state index in [1.54, 1.807) is 30.3 Å². The molecule has 0 fully saturated rings. The highest BCUT2D eigenvalue weighted by molar-refractivity contribution is 5.92. The predicted octanol–water partition coefficient (Wildman–Crippen LogP) is 6.63. The Bertz CT molecular complexity index is 1280. The van der Waals surface area contributed by atoms with E-state index in [2.05, 4.69) is 10.5 Å². The molecule has 0 saturated heterocycles. The number of hydrogen-bond acceptors (Lipinski definition) is 3. The number of rotatable bonds is 6. The standard InChI is InChI=1S/C26H18F6N2O2/c27-25(28,29)20-10-4-8-18(14-20)24(16-17-6-2-1-3-7-17,34-23(35)22-12-13-33-36-22)19-9-5-11-21(15-19)26(30,31)32/h1-15H,16H2,(H,34,35). The van der Waals surface area contributed by atoms with E-state index in [1.165, 1.54) is 24.4 Å². The van der Waals surface area contributed by atoms with E-state index in [0.29, 0.717) is 5.56 Å². The number of amides is 1. The van der Waals surface area contributed by atoms with Gasteiger partial charge in [0.15, 0.2) is 0 Å². The van der Waals surface area contributed by atoms with Gasteiger partial charge in [-0.05, 0) is 41.0 Å². The third-order valence-corrected chi connectivity index (χ3v) is 5.67. The second-order valence-corrected chi connectivity index (χ2v) is 8.06. The van der Waals surface area contributed by atoms with Crippen molar-refractivity contribution < 1.29 is 35.7 Å². The average molecular weight is 504 g/mol. The number of carbonyl (C=O) groups excluding carboxylic acids is 1. The third kappa shape index (κ3) is 5.27. The van der Waals surface area contributed by atoms with Crippen LogP contribution in [0.25, 0.3) is 0 Å². The lowest BCUT2D eigenvalue weighted by Gasteiger charge is -2.37. The summed E-state index contributed by atoms with van der Waals surface area (Å²) in [5, 5.41) is 6.13. The van der Waals surface area contributed by atoms with Crippen molar-refractivity contribution in [2.24, 2.45) is 0 Å². The van der Waals surface area contributed by atoms with Gasteiger partial charge in [0.05, 0.1) is 22.9 Å². The van der Waals surface area contributed by atoms with E-state index < -0.39 is 34.9 Å². The summed E-state index contributed by atoms with van der Waals surface area (Å²) in [7, 11) is 0. The van der Waals surface area contributed by atoms with E-state index in [4.69, 9.17) is 4.52 Å². The maximum absolute atomic E-state index is 13.6. The molecule has 0 atom stereocenters. The first-order valence-electron chi connectivity index (χ1n) is 10.6. The SMILES string of the molecule is O=C(NC(Cc1ccccc1)(c1cccc(C(F)(F)F)c1)c1cccc(C(F)(F)F)c1)c1ccno1. The fourth-order valence-corrected chi connectivity index (χ4v) is 3.97. The molecule has 0 bridgehead atoms. The number of carbonyl (C=O) groups is 1. The molecule has 0 radical (unpaired) electrons. The van der Waals surface area contributed by atoms with Crippen LogP contribution in [0.15, 0.2) is 95.6 Å². The molecule has 1 amide bonds. The second-order valence-electron chi connectivity index (χ2n) is 8.06. The van der Waals surface area contributed by atoms with Gasteiger partial charge in [0.1, 0.15) is 0 Å². The van der Waals surface area contributed by atoms with Crippen molar-refractivity contribution >= 4 is 5.91 Å². The van der Waals surface area contributed by atoms with E-state index >= 15 is 0 Å². The highest BCUT2D eigenvalue weighted by Crippen LogP contribution is 2.40. The van der Waals surface area contributed by atoms with E-state index in [1.807, 2.05) is 0 Å². The summed E-state index contributed by atoms with van der Waals surface area (Å²) < 4.78 is 86.7. The molecule has 4 rings (SSSR count). The number of hydrogen-bond donors (Lipinski definition) is 1. The molecule has 0 aliphatic heterocycles. The van der Waals surface area contributed by atoms with Crippen molar-refractivity contribution in [3.05, 3.63) is 125 Å². The molecule has 0 aliphatic carbocycles. The topological polar surface area (TPSA) is 55.1 Å². The maximum Gasteiger partial charge on any atom is 0.416 e. The molecular weight excluding hydrogens is 486 g/mol. The molecule has 4 aromatic rings. The van der Waals surface area contributed by atoms with Crippen molar-refractivity contribution in [2.45, 2.75) is 24.3 Å². The van der Waals surface area contributed by atoms with Gasteiger partial charge in [-0.25, -0.2) is 0 Å². The van der Waals surface area contributed by atoms with Gasteiger partial charge in [0.2, 0.25) is 5.76 Å². The number of nitrogens with zero attached hydrogens (tertiary/aromatic N) is 1. The minimum absolute atomic E-state index is 0.0617. The van der Waals surface area contributed by atoms with Crippen molar-refractivity contribution in [1.82, 2.24) is 10.5 Å². The van der Waals surface area contributed by atoms with Gasteiger partial charge in [-0.2, -0.15) is 26.3 Å². The van der Waals surface area contributed by atoms with Crippen LogP contribution in [0.5, 0.6) is 0 Å². The molecule has 4 nitrogen and oxygen atoms in total. The summed E-state index contributed by atoms with van der Waals surface area (Å²) in [4.78, 5) is 13.1. The number of nitrogens with one attached hydrogen (secondary N) is 1. The Labute approximate surface area is 201 Å². The maximum atomic E-state index is 13.6. The lowest BCUT2D eigenvalue weighted by molar-refractivity contribution is -0.138. The van der Waals surface area contributed by atoms with Crippen molar-refractivity contribution in [3.8, 4) is 0 Å². The van der Waals surface area contributed by atoms with Gasteiger partial charge in [-0.3, -0.25) is 4.79 Å². The largest absolute Gasteiger partial charge is 0.416 e. The zero-order valence-corrected chi connectivity index (χ0v) is 18.4. The minimum atomic E-state index is -4.72. The Morgan fingerprint density at radius 2 is 1.25 bits per heavy atom. The molecule has 3 aromatic carbocycles. The van der Waals surface area contributed by atoms with E-state index in [-0.39, 0.29) is 23.3 Å². The summed E-state index contributed by atoms with van der Waals surface area (Å²) in [5.41, 5.74) is -3.43. The molecule has 0 unspecified atom stereocenters. The van der Waals surface area contributed by atoms with Crippen LogP contribution in [0.4, 0.5) is 26.3 Å². The summed E-state index contributed by atoms with van der Waals surface area (Å²) in [6, 6.07) is 17.9. The molecule has 1 N–H and O–H groups in total. The van der Waals surface area contributed by atoms with Crippen LogP contribution in [0.2, 0.25) is 0 Å². The predicted molar refractivity (Wildman–Crippen MR) is 118 cm³/mol. The van der Waals surface area contributed by atoms with Crippen LogP contribution < -0.4 is 5.32 Å². The first kappa shape index (κ1) is 25.0. The van der Waals surface area contributed by atoms with Gasteiger partial charge < -0.3 is 9.84 Å². The molecule has 0 aliphatic rings. The fourth-order valence-electron chi connectivity index (χ4n) is 3.97. The van der Waals surface area contributed by atoms with E-state index in [0.717, 1.165) is 36.4 Å². The summed E-state index contributed by atoms with van der Waals surface area (Å²) >= 11 is 0. The van der Waals surface area contributed by atoms with Gasteiger partial charge in [-0.1, -0.05) is 59.8 Å². The summed E-state index contributed by atoms with van der Waals surface area (Å²) in [6.07, 6.45) is -8.41. The van der Waals surface area contributed by atoms with Crippen molar-refractivity contribution in [3.63, 3.8) is 0 Å². The van der Waals surface area contributed by atoms with Gasteiger partial charge in [0.25, 0.3) is 5.91 Å². The molecule has 0 saturated carbocycles. The summed E-state index contributed by atoms with van der Waals surface area (Å²) in [6.45, 7) is 0. The molecule has 0 spiro atoms. The molecule has 1 heterocycles. The number of benzene rings is 3. The first-order valence-corrected chi connectivity index (χ1v) is 10.6. The van der Waals surface area contributed by atoms with Crippen LogP contribution in [0, 0.1) is 0 Å². The van der Waals surface area contributed by atoms with Gasteiger partial charge in [0, 0.05) is 12.5 Å². The van der Waals surface area contributed by atoms with Crippen molar-refractivity contribution in [2.75, 3.05) is 0 Å². The minimum Gasteiger partial charge on any atom is -0.351 e. The van der Waals surface area contributed by atoms with Crippen LogP contribution in [0.1, 0.15) is 38.4 Å². The molecule has 1 aromatic heterocycles. The Kier molecular flexibility index (Phi) is 6.62. The number of alkyl halides is 6. The monoisotopic (exact) mass is 504 g/mol. The molecular formula is C26H18F6N2O2. The van der Waals surface area contributed by atoms with Gasteiger partial charge >= 0.3 is 12.4 Å². The normalized spacial score (nSPS) is 12.4. The quantitative estimate of drug-likeness (QED) is 0.300. The Balaban J connectivity index is 1.99. The second kappa shape index (κ2) is 9.52. The zero-order chi connectivity index (χ0) is 26.0. The molecule has 36 heavy (non-hydrogen) atoms. The first-order chi connectivity index (χ1) is 17.0. The van der Waals surface area contributed by atoms with Crippen LogP contribution in [-0.2, 0) is 24.3 Å². The van der Waals surface area contributed by atoms with Crippen LogP contribution >= 0.6 is 0 Å². The van der Waals surface area contributed by atoms with Crippen LogP contribution in [0.3, 0.4) is 0 Å². The Morgan fingerprint density at radius 3 is 1.72 bits per heavy atom. The van der Waals surface area contributed by atoms with E-state index in [9.17, 15) is 31.1 Å². The lowest BCUT2D eigenvalue weighted by atomic mass is 9.76. The molecule has 10 heteroatoms. The fraction of sp³-hybridized carbons (Fsp3) is 0.154. The highest BCUT2D eigenvalue weighted by atomic mass is 19.4. The number of halogens is 6. The van der Waals surface area contributed by atoms with Crippen LogP contribution in [-0.4, -0.2) is 11.1 Å². The van der Waals surface area contributed by atoms with Crippen molar-refractivity contribution in [1.29, 1.82) is 0 Å². The zero-order valence-electron chi connectivity index (χ0n) is 18.4. The smallest absolute Gasteiger partial charge is 0.351 e. The molecule has 186 valence electrons. The highest BCUT2D eigenvalue weighted by Gasteiger charge is 2.41. The Morgan fingerprint density at radius 1 is 0.722 bits per heavy atom.